The first-order valence-electron chi connectivity index (χ1n) is 6.53. The molecule has 0 N–H and O–H groups in total. The van der Waals surface area contributed by atoms with E-state index in [4.69, 9.17) is 11.2 Å². The summed E-state index contributed by atoms with van der Waals surface area (Å²) in [6, 6.07) is 10.2. The number of aryl methyl sites for hydroxylation is 1. The highest BCUT2D eigenvalue weighted by Gasteiger charge is 2.02. The minimum atomic E-state index is -0.126. The minimum absolute atomic E-state index is 0.126. The molecule has 0 saturated heterocycles. The van der Waals surface area contributed by atoms with E-state index in [9.17, 15) is 4.79 Å². The molecule has 0 radical (unpaired) electrons. The first-order chi connectivity index (χ1) is 9.33. The molecule has 1 aromatic carbocycles. The molecule has 0 unspecified atom stereocenters. The summed E-state index contributed by atoms with van der Waals surface area (Å²) in [5.74, 6) is 3.80. The number of thioether (sulfide) groups is 1. The predicted molar refractivity (Wildman–Crippen MR) is 81.1 cm³/mol. The number of terminal acetylenes is 1. The van der Waals surface area contributed by atoms with Gasteiger partial charge in [0.05, 0.1) is 12.4 Å². The van der Waals surface area contributed by atoms with Gasteiger partial charge in [0.25, 0.3) is 0 Å². The summed E-state index contributed by atoms with van der Waals surface area (Å²) < 4.78 is 5.17. The molecule has 102 valence electrons. The van der Waals surface area contributed by atoms with Crippen LogP contribution < -0.4 is 0 Å². The number of hydrogen-bond donors (Lipinski definition) is 0. The van der Waals surface area contributed by atoms with Gasteiger partial charge in [0.2, 0.25) is 0 Å². The second kappa shape index (κ2) is 10.5. The van der Waals surface area contributed by atoms with Crippen LogP contribution in [0.5, 0.6) is 0 Å². The molecule has 0 aliphatic carbocycles. The third-order valence-corrected chi connectivity index (χ3v) is 3.56. The van der Waals surface area contributed by atoms with Gasteiger partial charge in [-0.1, -0.05) is 30.3 Å². The lowest BCUT2D eigenvalue weighted by Crippen LogP contribution is -2.09. The highest BCUT2D eigenvalue weighted by atomic mass is 32.2. The maximum Gasteiger partial charge on any atom is 0.315 e. The molecule has 0 atom stereocenters. The van der Waals surface area contributed by atoms with Crippen molar-refractivity contribution in [3.05, 3.63) is 35.9 Å². The quantitative estimate of drug-likeness (QED) is 0.393. The van der Waals surface area contributed by atoms with Gasteiger partial charge < -0.3 is 4.74 Å². The van der Waals surface area contributed by atoms with Crippen LogP contribution in [0.2, 0.25) is 0 Å². The Bertz CT molecular complexity index is 395. The Kier molecular flexibility index (Phi) is 8.67. The summed E-state index contributed by atoms with van der Waals surface area (Å²) >= 11 is 1.59. The third kappa shape index (κ3) is 8.34. The maximum absolute atomic E-state index is 11.4. The van der Waals surface area contributed by atoms with Crippen molar-refractivity contribution in [2.45, 2.75) is 25.7 Å². The van der Waals surface area contributed by atoms with Crippen LogP contribution in [0.4, 0.5) is 0 Å². The summed E-state index contributed by atoms with van der Waals surface area (Å²) in [6.45, 7) is 0.499. The molecule has 2 nitrogen and oxygen atoms in total. The normalized spacial score (nSPS) is 9.84. The average Bonchev–Trinajstić information content (AvgIpc) is 2.44. The highest BCUT2D eigenvalue weighted by molar-refractivity contribution is 7.99. The molecular formula is C16H20O2S. The molecule has 0 aromatic heterocycles. The van der Waals surface area contributed by atoms with Gasteiger partial charge in [-0.2, -0.15) is 11.8 Å². The molecule has 1 rings (SSSR count). The summed E-state index contributed by atoms with van der Waals surface area (Å²) in [5.41, 5.74) is 1.28. The number of benzene rings is 1. The summed E-state index contributed by atoms with van der Waals surface area (Å²) in [4.78, 5) is 11.4. The van der Waals surface area contributed by atoms with Crippen LogP contribution in [0.1, 0.15) is 24.8 Å². The van der Waals surface area contributed by atoms with Crippen molar-refractivity contribution in [1.29, 1.82) is 0 Å². The van der Waals surface area contributed by atoms with E-state index in [-0.39, 0.29) is 5.97 Å². The van der Waals surface area contributed by atoms with Crippen LogP contribution in [0, 0.1) is 12.3 Å². The van der Waals surface area contributed by atoms with Gasteiger partial charge in [-0.15, -0.1) is 12.3 Å². The molecule has 3 heteroatoms. The second-order valence-corrected chi connectivity index (χ2v) is 5.28. The summed E-state index contributed by atoms with van der Waals surface area (Å²) in [5, 5.41) is 0. The number of rotatable bonds is 9. The first-order valence-corrected chi connectivity index (χ1v) is 7.69. The Balaban J connectivity index is 1.97. The topological polar surface area (TPSA) is 26.3 Å². The van der Waals surface area contributed by atoms with E-state index in [2.05, 4.69) is 18.1 Å². The van der Waals surface area contributed by atoms with E-state index < -0.39 is 0 Å². The summed E-state index contributed by atoms with van der Waals surface area (Å²) in [6.07, 6.45) is 8.71. The van der Waals surface area contributed by atoms with Crippen molar-refractivity contribution in [3.8, 4) is 12.3 Å². The van der Waals surface area contributed by atoms with Crippen molar-refractivity contribution in [1.82, 2.24) is 0 Å². The van der Waals surface area contributed by atoms with Gasteiger partial charge in [-0.05, 0) is 30.6 Å². The Morgan fingerprint density at radius 3 is 2.79 bits per heavy atom. The number of carbonyl (C=O) groups excluding carboxylic acids is 1. The zero-order valence-electron chi connectivity index (χ0n) is 11.1. The molecule has 0 fully saturated rings. The largest absolute Gasteiger partial charge is 0.465 e. The maximum atomic E-state index is 11.4. The van der Waals surface area contributed by atoms with Crippen LogP contribution in [-0.2, 0) is 16.0 Å². The van der Waals surface area contributed by atoms with Gasteiger partial charge in [-0.25, -0.2) is 0 Å². The minimum Gasteiger partial charge on any atom is -0.465 e. The fourth-order valence-electron chi connectivity index (χ4n) is 1.58. The molecule has 0 bridgehead atoms. The Labute approximate surface area is 119 Å². The van der Waals surface area contributed by atoms with E-state index in [1.54, 1.807) is 11.8 Å². The number of esters is 1. The first kappa shape index (κ1) is 15.7. The molecule has 0 aliphatic heterocycles. The van der Waals surface area contributed by atoms with Crippen LogP contribution in [0.15, 0.2) is 30.3 Å². The number of carbonyl (C=O) groups is 1. The van der Waals surface area contributed by atoms with Crippen LogP contribution >= 0.6 is 11.8 Å². The van der Waals surface area contributed by atoms with Crippen molar-refractivity contribution in [2.75, 3.05) is 18.1 Å². The van der Waals surface area contributed by atoms with E-state index in [1.807, 2.05) is 18.2 Å². The second-order valence-electron chi connectivity index (χ2n) is 4.17. The molecule has 19 heavy (non-hydrogen) atoms. The van der Waals surface area contributed by atoms with Crippen LogP contribution in [0.3, 0.4) is 0 Å². The number of unbranched alkanes of at least 4 members (excludes halogenated alkanes) is 1. The standard InChI is InChI=1S/C16H20O2S/c1-2-3-7-13-19-14-16(17)18-12-8-11-15-9-5-4-6-10-15/h1,4-6,9-10H,3,7-8,11-14H2. The van der Waals surface area contributed by atoms with Gasteiger partial charge in [0.15, 0.2) is 0 Å². The Morgan fingerprint density at radius 1 is 1.26 bits per heavy atom. The van der Waals surface area contributed by atoms with Gasteiger partial charge in [-0.3, -0.25) is 4.79 Å². The monoisotopic (exact) mass is 276 g/mol. The van der Waals surface area contributed by atoms with E-state index >= 15 is 0 Å². The molecule has 0 aliphatic rings. The lowest BCUT2D eigenvalue weighted by atomic mass is 10.1. The molecule has 0 spiro atoms. The van der Waals surface area contributed by atoms with Gasteiger partial charge in [0, 0.05) is 6.42 Å². The van der Waals surface area contributed by atoms with Crippen LogP contribution in [0.25, 0.3) is 0 Å². The predicted octanol–water partition coefficient (Wildman–Crippen LogP) is 3.31. The average molecular weight is 276 g/mol. The van der Waals surface area contributed by atoms with Crippen molar-refractivity contribution in [2.24, 2.45) is 0 Å². The molecule has 0 saturated carbocycles. The smallest absolute Gasteiger partial charge is 0.315 e. The van der Waals surface area contributed by atoms with Crippen molar-refractivity contribution < 1.29 is 9.53 Å². The fraction of sp³-hybridized carbons (Fsp3) is 0.438. The zero-order valence-corrected chi connectivity index (χ0v) is 12.0. The number of hydrogen-bond acceptors (Lipinski definition) is 3. The number of ether oxygens (including phenoxy) is 1. The van der Waals surface area contributed by atoms with Gasteiger partial charge in [0.1, 0.15) is 0 Å². The van der Waals surface area contributed by atoms with Crippen molar-refractivity contribution in [3.63, 3.8) is 0 Å². The van der Waals surface area contributed by atoms with Crippen molar-refractivity contribution >= 4 is 17.7 Å². The van der Waals surface area contributed by atoms with E-state index in [1.165, 1.54) is 5.56 Å². The van der Waals surface area contributed by atoms with Crippen LogP contribution in [-0.4, -0.2) is 24.1 Å². The summed E-state index contributed by atoms with van der Waals surface area (Å²) in [7, 11) is 0. The molecule has 1 aromatic rings. The van der Waals surface area contributed by atoms with Gasteiger partial charge >= 0.3 is 5.97 Å². The lowest BCUT2D eigenvalue weighted by molar-refractivity contribution is -0.140. The lowest BCUT2D eigenvalue weighted by Gasteiger charge is -2.04. The molecule has 0 amide bonds. The zero-order chi connectivity index (χ0) is 13.8. The fourth-order valence-corrected chi connectivity index (χ4v) is 2.32. The van der Waals surface area contributed by atoms with E-state index in [0.29, 0.717) is 12.4 Å². The highest BCUT2D eigenvalue weighted by Crippen LogP contribution is 2.06. The SMILES string of the molecule is C#CCCCSCC(=O)OCCCc1ccccc1. The third-order valence-electron chi connectivity index (χ3n) is 2.55. The molecule has 0 heterocycles. The molecular weight excluding hydrogens is 256 g/mol. The Hall–Kier alpha value is -1.40. The Morgan fingerprint density at radius 2 is 2.05 bits per heavy atom. The van der Waals surface area contributed by atoms with E-state index in [0.717, 1.165) is 31.4 Å².